The molecule has 0 aromatic heterocycles. The minimum absolute atomic E-state index is 0.379. The summed E-state index contributed by atoms with van der Waals surface area (Å²) in [6.45, 7) is -0.876. The molecule has 0 fully saturated rings. The minimum Gasteiger partial charge on any atom is -0.443 e. The predicted molar refractivity (Wildman–Crippen MR) is 64.8 cm³/mol. The average Bonchev–Trinajstić information content (AvgIpc) is 2.38. The zero-order chi connectivity index (χ0) is 12.3. The Morgan fingerprint density at radius 3 is 2.35 bits per heavy atom. The number of nitrogens with zero attached hydrogens (tertiary/aromatic N) is 1. The van der Waals surface area contributed by atoms with Crippen molar-refractivity contribution in [2.24, 2.45) is 0 Å². The van der Waals surface area contributed by atoms with Crippen molar-refractivity contribution in [3.05, 3.63) is 59.9 Å². The van der Waals surface area contributed by atoms with Gasteiger partial charge in [0.1, 0.15) is 5.82 Å². The van der Waals surface area contributed by atoms with Gasteiger partial charge in [-0.1, -0.05) is 24.3 Å². The third kappa shape index (κ3) is 2.52. The van der Waals surface area contributed by atoms with Crippen molar-refractivity contribution < 1.29 is 9.41 Å². The second-order valence-corrected chi connectivity index (χ2v) is 3.69. The Morgan fingerprint density at radius 1 is 1.06 bits per heavy atom. The lowest BCUT2D eigenvalue weighted by Crippen LogP contribution is -2.42. The summed E-state index contributed by atoms with van der Waals surface area (Å²) in [4.78, 5) is 0. The monoisotopic (exact) mass is 225 g/mol. The van der Waals surface area contributed by atoms with Gasteiger partial charge in [-0.25, -0.2) is 4.39 Å². The average molecular weight is 225 g/mol. The van der Waals surface area contributed by atoms with E-state index in [4.69, 9.17) is 5.26 Å². The normalized spacial score (nSPS) is 9.71. The fraction of sp³-hybridized carbons (Fsp3) is 0. The first-order valence-electron chi connectivity index (χ1n) is 5.14. The van der Waals surface area contributed by atoms with Crippen molar-refractivity contribution in [3.8, 4) is 6.07 Å². The first kappa shape index (κ1) is 11.4. The molecule has 2 aromatic rings. The summed E-state index contributed by atoms with van der Waals surface area (Å²) >= 11 is 0. The number of halogens is 1. The second kappa shape index (κ2) is 4.81. The number of rotatable bonds is 2. The van der Waals surface area contributed by atoms with Crippen LogP contribution in [0.1, 0.15) is 5.56 Å². The molecule has 2 rings (SSSR count). The maximum absolute atomic E-state index is 13.0. The molecule has 82 valence electrons. The topological polar surface area (TPSA) is 44.0 Å². The van der Waals surface area contributed by atoms with Gasteiger partial charge in [-0.2, -0.15) is 5.26 Å². The van der Waals surface area contributed by atoms with Gasteiger partial charge in [0.05, 0.1) is 11.6 Å². The molecule has 0 aliphatic rings. The van der Waals surface area contributed by atoms with Crippen molar-refractivity contribution in [3.63, 3.8) is 0 Å². The Morgan fingerprint density at radius 2 is 1.76 bits per heavy atom. The number of benzene rings is 2. The van der Waals surface area contributed by atoms with Gasteiger partial charge in [-0.15, -0.1) is 0 Å². The van der Waals surface area contributed by atoms with Gasteiger partial charge in [-0.3, -0.25) is 0 Å². The van der Waals surface area contributed by atoms with Crippen LogP contribution in [0.25, 0.3) is 0 Å². The van der Waals surface area contributed by atoms with E-state index in [1.807, 2.05) is 6.07 Å². The van der Waals surface area contributed by atoms with E-state index in [1.54, 1.807) is 36.4 Å². The highest BCUT2D eigenvalue weighted by Crippen LogP contribution is 1.97. The molecule has 0 atom stereocenters. The quantitative estimate of drug-likeness (QED) is 0.768. The van der Waals surface area contributed by atoms with E-state index in [1.165, 1.54) is 12.1 Å². The van der Waals surface area contributed by atoms with Gasteiger partial charge >= 0.3 is 6.92 Å². The van der Waals surface area contributed by atoms with Gasteiger partial charge in [0.25, 0.3) is 0 Å². The molecule has 4 heteroatoms. The standard InChI is InChI=1S/C13H9BFNO/c15-13-3-1-2-12(8-13)14(17)11-6-4-10(9-16)5-7-11/h1-8,17H. The van der Waals surface area contributed by atoms with Crippen LogP contribution < -0.4 is 10.9 Å². The number of nitriles is 1. The summed E-state index contributed by atoms with van der Waals surface area (Å²) in [5.41, 5.74) is 1.66. The lowest BCUT2D eigenvalue weighted by Gasteiger charge is -2.07. The van der Waals surface area contributed by atoms with Crippen LogP contribution in [0.2, 0.25) is 0 Å². The molecule has 0 aliphatic heterocycles. The van der Waals surface area contributed by atoms with Crippen molar-refractivity contribution in [2.45, 2.75) is 0 Å². The largest absolute Gasteiger partial charge is 0.443 e. The Kier molecular flexibility index (Phi) is 3.22. The Hall–Kier alpha value is -2.12. The van der Waals surface area contributed by atoms with Crippen molar-refractivity contribution >= 4 is 17.8 Å². The summed E-state index contributed by atoms with van der Waals surface area (Å²) in [6.07, 6.45) is 0. The molecule has 2 aromatic carbocycles. The molecule has 0 heterocycles. The van der Waals surface area contributed by atoms with Gasteiger partial charge in [0.2, 0.25) is 0 Å². The van der Waals surface area contributed by atoms with Crippen LogP contribution in [0, 0.1) is 17.1 Å². The van der Waals surface area contributed by atoms with E-state index in [0.29, 0.717) is 16.5 Å². The maximum atomic E-state index is 13.0. The molecule has 1 N–H and O–H groups in total. The lowest BCUT2D eigenvalue weighted by molar-refractivity contribution is 0.598. The van der Waals surface area contributed by atoms with Gasteiger partial charge in [0, 0.05) is 0 Å². The molecule has 2 nitrogen and oxygen atoms in total. The minimum atomic E-state index is -0.876. The Balaban J connectivity index is 2.30. The molecule has 0 aliphatic carbocycles. The van der Waals surface area contributed by atoms with Crippen molar-refractivity contribution in [1.29, 1.82) is 5.26 Å². The molecule has 0 saturated heterocycles. The predicted octanol–water partition coefficient (Wildman–Crippen LogP) is 0.795. The van der Waals surface area contributed by atoms with Crippen molar-refractivity contribution in [2.75, 3.05) is 0 Å². The van der Waals surface area contributed by atoms with Crippen LogP contribution in [0.3, 0.4) is 0 Å². The smallest absolute Gasteiger partial charge is 0.359 e. The lowest BCUT2D eigenvalue weighted by atomic mass is 9.56. The first-order valence-corrected chi connectivity index (χ1v) is 5.14. The maximum Gasteiger partial charge on any atom is 0.359 e. The summed E-state index contributed by atoms with van der Waals surface area (Å²) in [6, 6.07) is 14.4. The van der Waals surface area contributed by atoms with E-state index >= 15 is 0 Å². The van der Waals surface area contributed by atoms with E-state index in [0.717, 1.165) is 0 Å². The van der Waals surface area contributed by atoms with Crippen LogP contribution in [0.15, 0.2) is 48.5 Å². The Bertz CT molecular complexity index is 562. The second-order valence-electron chi connectivity index (χ2n) is 3.69. The molecule has 0 saturated carbocycles. The molecule has 17 heavy (non-hydrogen) atoms. The fourth-order valence-corrected chi connectivity index (χ4v) is 1.61. The van der Waals surface area contributed by atoms with Crippen LogP contribution in [-0.4, -0.2) is 11.9 Å². The molecule has 0 spiro atoms. The van der Waals surface area contributed by atoms with Crippen LogP contribution in [0.5, 0.6) is 0 Å². The number of hydrogen-bond acceptors (Lipinski definition) is 2. The SMILES string of the molecule is N#Cc1ccc(B(O)c2cccc(F)c2)cc1. The zero-order valence-electron chi connectivity index (χ0n) is 8.97. The molecule has 0 unspecified atom stereocenters. The first-order chi connectivity index (χ1) is 8.20. The third-order valence-corrected chi connectivity index (χ3v) is 2.52. The van der Waals surface area contributed by atoms with Crippen LogP contribution in [0.4, 0.5) is 4.39 Å². The molecule has 0 bridgehead atoms. The summed E-state index contributed by atoms with van der Waals surface area (Å²) in [5, 5.41) is 18.7. The Labute approximate surface area is 99.1 Å². The van der Waals surface area contributed by atoms with Crippen LogP contribution in [-0.2, 0) is 0 Å². The van der Waals surface area contributed by atoms with E-state index in [2.05, 4.69) is 0 Å². The molecule has 0 radical (unpaired) electrons. The molecular weight excluding hydrogens is 216 g/mol. The molecular formula is C13H9BFNO. The number of hydrogen-bond donors (Lipinski definition) is 1. The highest BCUT2D eigenvalue weighted by Gasteiger charge is 2.16. The van der Waals surface area contributed by atoms with Gasteiger partial charge in [-0.05, 0) is 35.2 Å². The van der Waals surface area contributed by atoms with Crippen molar-refractivity contribution in [1.82, 2.24) is 0 Å². The summed E-state index contributed by atoms with van der Waals surface area (Å²) in [7, 11) is 0. The fourth-order valence-electron chi connectivity index (χ4n) is 1.61. The molecule has 0 amide bonds. The van der Waals surface area contributed by atoms with E-state index in [-0.39, 0.29) is 5.82 Å². The van der Waals surface area contributed by atoms with E-state index in [9.17, 15) is 9.41 Å². The highest BCUT2D eigenvalue weighted by molar-refractivity contribution is 6.78. The van der Waals surface area contributed by atoms with Gasteiger partial charge in [0.15, 0.2) is 0 Å². The van der Waals surface area contributed by atoms with Gasteiger partial charge < -0.3 is 5.02 Å². The zero-order valence-corrected chi connectivity index (χ0v) is 8.97. The van der Waals surface area contributed by atoms with Crippen LogP contribution >= 0.6 is 0 Å². The summed E-state index contributed by atoms with van der Waals surface area (Å²) in [5.74, 6) is -0.379. The summed E-state index contributed by atoms with van der Waals surface area (Å²) < 4.78 is 13.0. The van der Waals surface area contributed by atoms with E-state index < -0.39 is 6.92 Å². The third-order valence-electron chi connectivity index (χ3n) is 2.52. The highest BCUT2D eigenvalue weighted by atomic mass is 19.1.